The Balaban J connectivity index is 1.63. The fourth-order valence-electron chi connectivity index (χ4n) is 2.91. The molecule has 1 fully saturated rings. The third-order valence-corrected chi connectivity index (χ3v) is 4.15. The Bertz CT molecular complexity index is 1120. The molecule has 1 saturated heterocycles. The fourth-order valence-corrected chi connectivity index (χ4v) is 2.91. The fraction of sp³-hybridized carbons (Fsp3) is 0.118. The summed E-state index contributed by atoms with van der Waals surface area (Å²) in [4.78, 5) is 58.7. The van der Waals surface area contributed by atoms with Gasteiger partial charge in [0.25, 0.3) is 11.5 Å². The van der Waals surface area contributed by atoms with Crippen LogP contribution in [0.4, 0.5) is 16.2 Å². The van der Waals surface area contributed by atoms with Crippen LogP contribution in [0.1, 0.15) is 16.8 Å². The molecule has 136 valence electrons. The number of nitrogens with one attached hydrogen (secondary N) is 4. The van der Waals surface area contributed by atoms with E-state index in [4.69, 9.17) is 0 Å². The number of rotatable bonds is 3. The van der Waals surface area contributed by atoms with Crippen LogP contribution in [0, 0.1) is 0 Å². The van der Waals surface area contributed by atoms with Gasteiger partial charge in [0.1, 0.15) is 5.65 Å². The number of aromatic nitrogens is 3. The lowest BCUT2D eigenvalue weighted by atomic mass is 10.2. The van der Waals surface area contributed by atoms with Crippen LogP contribution in [0.3, 0.4) is 0 Å². The van der Waals surface area contributed by atoms with Crippen molar-refractivity contribution in [2.24, 2.45) is 0 Å². The van der Waals surface area contributed by atoms with Crippen molar-refractivity contribution in [1.29, 1.82) is 0 Å². The molecule has 0 radical (unpaired) electrons. The normalized spacial score (nSPS) is 14.3. The van der Waals surface area contributed by atoms with Crippen molar-refractivity contribution in [2.75, 3.05) is 16.8 Å². The average molecular weight is 366 g/mol. The summed E-state index contributed by atoms with van der Waals surface area (Å²) in [6.07, 6.45) is 2.84. The van der Waals surface area contributed by atoms with E-state index < -0.39 is 17.5 Å². The third kappa shape index (κ3) is 2.92. The third-order valence-electron chi connectivity index (χ3n) is 4.15. The molecule has 0 saturated carbocycles. The van der Waals surface area contributed by atoms with Crippen LogP contribution < -0.4 is 21.1 Å². The summed E-state index contributed by atoms with van der Waals surface area (Å²) in [7, 11) is 0. The molecule has 1 aliphatic rings. The van der Waals surface area contributed by atoms with Crippen LogP contribution in [0.2, 0.25) is 0 Å². The molecule has 0 aliphatic carbocycles. The monoisotopic (exact) mass is 366 g/mol. The van der Waals surface area contributed by atoms with Crippen molar-refractivity contribution in [3.63, 3.8) is 0 Å². The first-order valence-corrected chi connectivity index (χ1v) is 8.11. The van der Waals surface area contributed by atoms with E-state index >= 15 is 0 Å². The molecule has 10 heteroatoms. The second-order valence-electron chi connectivity index (χ2n) is 5.87. The molecule has 4 N–H and O–H groups in total. The highest BCUT2D eigenvalue weighted by Gasteiger charge is 2.27. The van der Waals surface area contributed by atoms with Crippen LogP contribution in [-0.2, 0) is 4.79 Å². The minimum Gasteiger partial charge on any atom is -0.345 e. The molecule has 27 heavy (non-hydrogen) atoms. The number of aromatic amines is 2. The zero-order valence-corrected chi connectivity index (χ0v) is 13.9. The molecule has 0 bridgehead atoms. The van der Waals surface area contributed by atoms with Crippen molar-refractivity contribution in [1.82, 2.24) is 20.3 Å². The van der Waals surface area contributed by atoms with Gasteiger partial charge in [-0.1, -0.05) is 6.07 Å². The number of amides is 4. The van der Waals surface area contributed by atoms with Crippen molar-refractivity contribution in [3.8, 4) is 0 Å². The molecular formula is C17H14N6O4. The van der Waals surface area contributed by atoms with Crippen LogP contribution >= 0.6 is 0 Å². The van der Waals surface area contributed by atoms with Crippen molar-refractivity contribution < 1.29 is 14.4 Å². The lowest BCUT2D eigenvalue weighted by molar-refractivity contribution is -0.118. The summed E-state index contributed by atoms with van der Waals surface area (Å²) in [5.74, 6) is -0.845. The Kier molecular flexibility index (Phi) is 3.92. The van der Waals surface area contributed by atoms with E-state index in [1.54, 1.807) is 18.2 Å². The molecule has 1 aliphatic heterocycles. The van der Waals surface area contributed by atoms with Gasteiger partial charge in [0.05, 0.1) is 23.0 Å². The highest BCUT2D eigenvalue weighted by Crippen LogP contribution is 2.23. The Hall–Kier alpha value is -3.95. The summed E-state index contributed by atoms with van der Waals surface area (Å²) in [6, 6.07) is 5.83. The highest BCUT2D eigenvalue weighted by atomic mass is 16.2. The van der Waals surface area contributed by atoms with Crippen molar-refractivity contribution >= 4 is 40.3 Å². The van der Waals surface area contributed by atoms with Crippen LogP contribution in [0.15, 0.2) is 41.6 Å². The number of anilines is 2. The summed E-state index contributed by atoms with van der Waals surface area (Å²) < 4.78 is 0. The minimum absolute atomic E-state index is 0.136. The second-order valence-corrected chi connectivity index (χ2v) is 5.87. The number of H-pyrrole nitrogens is 2. The van der Waals surface area contributed by atoms with Gasteiger partial charge in [-0.15, -0.1) is 0 Å². The molecule has 4 amide bonds. The summed E-state index contributed by atoms with van der Waals surface area (Å²) >= 11 is 0. The largest absolute Gasteiger partial charge is 0.345 e. The lowest BCUT2D eigenvalue weighted by Crippen LogP contribution is -2.50. The Labute approximate surface area is 151 Å². The number of carbonyl (C=O) groups excluding carboxylic acids is 3. The van der Waals surface area contributed by atoms with Gasteiger partial charge in [-0.25, -0.2) is 14.7 Å². The lowest BCUT2D eigenvalue weighted by Gasteiger charge is -2.25. The molecule has 3 aromatic rings. The highest BCUT2D eigenvalue weighted by molar-refractivity contribution is 6.16. The van der Waals surface area contributed by atoms with Gasteiger partial charge in [-0.05, 0) is 18.2 Å². The van der Waals surface area contributed by atoms with Gasteiger partial charge >= 0.3 is 6.03 Å². The van der Waals surface area contributed by atoms with Crippen LogP contribution in [-0.4, -0.2) is 39.3 Å². The van der Waals surface area contributed by atoms with Crippen molar-refractivity contribution in [2.45, 2.75) is 6.42 Å². The number of hydrogen-bond donors (Lipinski definition) is 4. The number of carbonyl (C=O) groups is 3. The van der Waals surface area contributed by atoms with Gasteiger partial charge in [-0.3, -0.25) is 14.4 Å². The molecular weight excluding hydrogens is 352 g/mol. The summed E-state index contributed by atoms with van der Waals surface area (Å²) in [6.45, 7) is 0.299. The number of imide groups is 1. The van der Waals surface area contributed by atoms with Crippen LogP contribution in [0.5, 0.6) is 0 Å². The predicted octanol–water partition coefficient (Wildman–Crippen LogP) is 0.950. The van der Waals surface area contributed by atoms with Gasteiger partial charge in [-0.2, -0.15) is 0 Å². The Morgan fingerprint density at radius 1 is 1.19 bits per heavy atom. The SMILES string of the molecule is O=C(Nc1cccc(N2C(=O)CCNC2=O)c1)c1c[nH]c2nc[nH]c(=O)c12. The van der Waals surface area contributed by atoms with E-state index in [-0.39, 0.29) is 23.3 Å². The van der Waals surface area contributed by atoms with E-state index in [0.717, 1.165) is 4.90 Å². The second kappa shape index (κ2) is 6.41. The average Bonchev–Trinajstić information content (AvgIpc) is 3.08. The first-order valence-electron chi connectivity index (χ1n) is 8.11. The number of fused-ring (bicyclic) bond motifs is 1. The van der Waals surface area contributed by atoms with E-state index in [1.165, 1.54) is 18.6 Å². The van der Waals surface area contributed by atoms with E-state index in [9.17, 15) is 19.2 Å². The molecule has 3 heterocycles. The number of nitrogens with zero attached hydrogens (tertiary/aromatic N) is 2. The van der Waals surface area contributed by atoms with E-state index in [2.05, 4.69) is 25.6 Å². The quantitative estimate of drug-likeness (QED) is 0.546. The van der Waals surface area contributed by atoms with Gasteiger partial charge < -0.3 is 20.6 Å². The number of urea groups is 1. The smallest absolute Gasteiger partial charge is 0.328 e. The van der Waals surface area contributed by atoms with E-state index in [1.807, 2.05) is 0 Å². The first-order chi connectivity index (χ1) is 13.0. The Morgan fingerprint density at radius 3 is 2.85 bits per heavy atom. The summed E-state index contributed by atoms with van der Waals surface area (Å²) in [5.41, 5.74) is 0.715. The first kappa shape index (κ1) is 16.5. The minimum atomic E-state index is -0.522. The van der Waals surface area contributed by atoms with Crippen LogP contribution in [0.25, 0.3) is 11.0 Å². The molecule has 1 aromatic carbocycles. The maximum absolute atomic E-state index is 12.6. The van der Waals surface area contributed by atoms with Gasteiger partial charge in [0.15, 0.2) is 0 Å². The zero-order chi connectivity index (χ0) is 19.0. The summed E-state index contributed by atoms with van der Waals surface area (Å²) in [5, 5.41) is 5.41. The van der Waals surface area contributed by atoms with Crippen molar-refractivity contribution in [3.05, 3.63) is 52.7 Å². The molecule has 10 nitrogen and oxygen atoms in total. The standard InChI is InChI=1S/C17H14N6O4/c24-12-4-5-18-17(27)23(12)10-3-1-2-9(6-10)22-15(25)11-7-19-14-13(11)16(26)21-8-20-14/h1-3,6-8H,4-5H2,(H,18,27)(H,22,25)(H2,19,20,21,26). The predicted molar refractivity (Wildman–Crippen MR) is 96.6 cm³/mol. The Morgan fingerprint density at radius 2 is 2.04 bits per heavy atom. The molecule has 0 unspecified atom stereocenters. The van der Waals surface area contributed by atoms with Gasteiger partial charge in [0.2, 0.25) is 5.91 Å². The zero-order valence-electron chi connectivity index (χ0n) is 13.9. The molecule has 4 rings (SSSR count). The molecule has 0 atom stereocenters. The van der Waals surface area contributed by atoms with Gasteiger partial charge in [0, 0.05) is 24.8 Å². The number of benzene rings is 1. The maximum atomic E-state index is 12.6. The maximum Gasteiger partial charge on any atom is 0.328 e. The topological polar surface area (TPSA) is 140 Å². The number of hydrogen-bond acceptors (Lipinski definition) is 5. The van der Waals surface area contributed by atoms with E-state index in [0.29, 0.717) is 23.6 Å². The molecule has 0 spiro atoms. The molecule has 2 aromatic heterocycles.